The number of carbonyl (C=O) groups excluding carboxylic acids is 1. The molecule has 15 heavy (non-hydrogen) atoms. The first-order valence-corrected chi connectivity index (χ1v) is 4.60. The summed E-state index contributed by atoms with van der Waals surface area (Å²) in [5, 5.41) is 8.58. The van der Waals surface area contributed by atoms with Gasteiger partial charge in [-0.3, -0.25) is 4.79 Å². The van der Waals surface area contributed by atoms with E-state index in [0.717, 1.165) is 5.56 Å². The summed E-state index contributed by atoms with van der Waals surface area (Å²) >= 11 is 0. The average molecular weight is 200 g/mol. The molecule has 0 saturated carbocycles. The minimum Gasteiger partial charge on any atom is -0.322 e. The molecule has 1 rings (SSSR count). The summed E-state index contributed by atoms with van der Waals surface area (Å²) in [7, 11) is 0. The maximum Gasteiger partial charge on any atom is 0.247 e. The molecule has 3 nitrogen and oxygen atoms in total. The second-order valence-corrected chi connectivity index (χ2v) is 3.04. The molecule has 1 aromatic carbocycles. The van der Waals surface area contributed by atoms with Gasteiger partial charge in [0.15, 0.2) is 0 Å². The topological polar surface area (TPSA) is 44.1 Å². The number of hydrogen-bond acceptors (Lipinski definition) is 2. The smallest absolute Gasteiger partial charge is 0.247 e. The summed E-state index contributed by atoms with van der Waals surface area (Å²) in [5.41, 5.74) is 1.00. The minimum absolute atomic E-state index is 0.0831. The number of nitrogens with zero attached hydrogens (tertiary/aromatic N) is 2. The van der Waals surface area contributed by atoms with Crippen molar-refractivity contribution in [3.63, 3.8) is 0 Å². The molecule has 0 saturated heterocycles. The van der Waals surface area contributed by atoms with E-state index in [1.165, 1.54) is 11.0 Å². The number of benzene rings is 1. The molecule has 0 atom stereocenters. The van der Waals surface area contributed by atoms with Gasteiger partial charge in [-0.1, -0.05) is 36.9 Å². The predicted octanol–water partition coefficient (Wildman–Crippen LogP) is 1.72. The Labute approximate surface area is 89.2 Å². The lowest BCUT2D eigenvalue weighted by atomic mass is 10.2. The molecule has 0 heterocycles. The van der Waals surface area contributed by atoms with Crippen LogP contribution in [0.4, 0.5) is 0 Å². The van der Waals surface area contributed by atoms with Gasteiger partial charge in [0.1, 0.15) is 6.54 Å². The predicted molar refractivity (Wildman–Crippen MR) is 57.7 cm³/mol. The molecule has 0 aromatic heterocycles. The lowest BCUT2D eigenvalue weighted by Gasteiger charge is -2.17. The molecule has 1 aromatic rings. The molecule has 0 aliphatic heterocycles. The fourth-order valence-corrected chi connectivity index (χ4v) is 1.23. The standard InChI is InChI=1S/C12H12N2O/c1-2-12(15)14(9-8-13)10-11-6-4-3-5-7-11/h2-7H,1,9-10H2. The molecule has 0 aliphatic carbocycles. The van der Waals surface area contributed by atoms with E-state index >= 15 is 0 Å². The average Bonchev–Trinajstić information content (AvgIpc) is 2.29. The quantitative estimate of drug-likeness (QED) is 0.548. The van der Waals surface area contributed by atoms with Gasteiger partial charge < -0.3 is 4.90 Å². The zero-order chi connectivity index (χ0) is 11.1. The van der Waals surface area contributed by atoms with Crippen molar-refractivity contribution < 1.29 is 4.79 Å². The number of rotatable bonds is 4. The van der Waals surface area contributed by atoms with Crippen molar-refractivity contribution in [3.8, 4) is 6.07 Å². The number of hydrogen-bond donors (Lipinski definition) is 0. The van der Waals surface area contributed by atoms with Crippen LogP contribution < -0.4 is 0 Å². The second kappa shape index (κ2) is 5.61. The molecular weight excluding hydrogens is 188 g/mol. The molecule has 0 unspecified atom stereocenters. The van der Waals surface area contributed by atoms with Gasteiger partial charge in [0.2, 0.25) is 5.91 Å². The summed E-state index contributed by atoms with van der Waals surface area (Å²) in [6, 6.07) is 11.5. The molecule has 0 fully saturated rings. The number of nitriles is 1. The van der Waals surface area contributed by atoms with E-state index in [4.69, 9.17) is 5.26 Å². The van der Waals surface area contributed by atoms with Gasteiger partial charge in [-0.25, -0.2) is 0 Å². The Balaban J connectivity index is 2.72. The molecular formula is C12H12N2O. The Kier molecular flexibility index (Phi) is 4.11. The maximum absolute atomic E-state index is 11.4. The van der Waals surface area contributed by atoms with Gasteiger partial charge in [-0.2, -0.15) is 5.26 Å². The number of carbonyl (C=O) groups is 1. The first-order valence-electron chi connectivity index (χ1n) is 4.60. The van der Waals surface area contributed by atoms with E-state index < -0.39 is 0 Å². The largest absolute Gasteiger partial charge is 0.322 e. The van der Waals surface area contributed by atoms with Crippen LogP contribution in [0.15, 0.2) is 43.0 Å². The normalized spacial score (nSPS) is 9.00. The molecule has 0 aliphatic rings. The Bertz CT molecular complexity index is 378. The van der Waals surface area contributed by atoms with Crippen molar-refractivity contribution in [2.45, 2.75) is 6.54 Å². The van der Waals surface area contributed by atoms with Crippen LogP contribution in [0.5, 0.6) is 0 Å². The highest BCUT2D eigenvalue weighted by atomic mass is 16.2. The summed E-state index contributed by atoms with van der Waals surface area (Å²) in [6.45, 7) is 3.93. The van der Waals surface area contributed by atoms with E-state index in [2.05, 4.69) is 6.58 Å². The third kappa shape index (κ3) is 3.28. The maximum atomic E-state index is 11.4. The van der Waals surface area contributed by atoms with Crippen LogP contribution in [-0.4, -0.2) is 17.4 Å². The number of amides is 1. The van der Waals surface area contributed by atoms with E-state index in [1.54, 1.807) is 0 Å². The molecule has 0 radical (unpaired) electrons. The summed E-state index contributed by atoms with van der Waals surface area (Å²) in [6.07, 6.45) is 1.22. The SMILES string of the molecule is C=CC(=O)N(CC#N)Cc1ccccc1. The van der Waals surface area contributed by atoms with Gasteiger partial charge in [-0.15, -0.1) is 0 Å². The van der Waals surface area contributed by atoms with Crippen LogP contribution in [-0.2, 0) is 11.3 Å². The highest BCUT2D eigenvalue weighted by Gasteiger charge is 2.09. The molecule has 0 N–H and O–H groups in total. The zero-order valence-corrected chi connectivity index (χ0v) is 8.39. The molecule has 0 spiro atoms. The fraction of sp³-hybridized carbons (Fsp3) is 0.167. The van der Waals surface area contributed by atoms with Crippen molar-refractivity contribution in [3.05, 3.63) is 48.6 Å². The monoisotopic (exact) mass is 200 g/mol. The van der Waals surface area contributed by atoms with Crippen LogP contribution in [0, 0.1) is 11.3 Å². The molecule has 76 valence electrons. The van der Waals surface area contributed by atoms with Crippen molar-refractivity contribution in [1.82, 2.24) is 4.90 Å². The Morgan fingerprint density at radius 3 is 2.67 bits per heavy atom. The van der Waals surface area contributed by atoms with Crippen LogP contribution in [0.1, 0.15) is 5.56 Å². The molecule has 0 bridgehead atoms. The van der Waals surface area contributed by atoms with Gasteiger partial charge >= 0.3 is 0 Å². The van der Waals surface area contributed by atoms with Crippen molar-refractivity contribution in [1.29, 1.82) is 5.26 Å². The molecule has 3 heteroatoms. The first-order chi connectivity index (χ1) is 7.27. The lowest BCUT2D eigenvalue weighted by Crippen LogP contribution is -2.29. The Morgan fingerprint density at radius 2 is 2.13 bits per heavy atom. The van der Waals surface area contributed by atoms with Crippen molar-refractivity contribution in [2.75, 3.05) is 6.54 Å². The van der Waals surface area contributed by atoms with Crippen molar-refractivity contribution >= 4 is 5.91 Å². The summed E-state index contributed by atoms with van der Waals surface area (Å²) < 4.78 is 0. The highest BCUT2D eigenvalue weighted by Crippen LogP contribution is 2.04. The van der Waals surface area contributed by atoms with E-state index in [9.17, 15) is 4.79 Å². The summed E-state index contributed by atoms with van der Waals surface area (Å²) in [4.78, 5) is 12.8. The van der Waals surface area contributed by atoms with Gasteiger partial charge in [-0.05, 0) is 11.6 Å². The lowest BCUT2D eigenvalue weighted by molar-refractivity contribution is -0.126. The van der Waals surface area contributed by atoms with Crippen LogP contribution in [0.3, 0.4) is 0 Å². The second-order valence-electron chi connectivity index (χ2n) is 3.04. The Morgan fingerprint density at radius 1 is 1.47 bits per heavy atom. The third-order valence-electron chi connectivity index (χ3n) is 1.96. The van der Waals surface area contributed by atoms with E-state index in [1.807, 2.05) is 36.4 Å². The van der Waals surface area contributed by atoms with E-state index in [-0.39, 0.29) is 12.5 Å². The van der Waals surface area contributed by atoms with Gasteiger partial charge in [0.05, 0.1) is 6.07 Å². The highest BCUT2D eigenvalue weighted by molar-refractivity contribution is 5.87. The zero-order valence-electron chi connectivity index (χ0n) is 8.39. The Hall–Kier alpha value is -2.08. The van der Waals surface area contributed by atoms with Crippen LogP contribution in [0.25, 0.3) is 0 Å². The van der Waals surface area contributed by atoms with Crippen molar-refractivity contribution in [2.24, 2.45) is 0 Å². The van der Waals surface area contributed by atoms with Crippen LogP contribution >= 0.6 is 0 Å². The summed E-state index contributed by atoms with van der Waals surface area (Å²) in [5.74, 6) is -0.222. The first kappa shape index (κ1) is 11.0. The van der Waals surface area contributed by atoms with Gasteiger partial charge in [0, 0.05) is 6.54 Å². The van der Waals surface area contributed by atoms with E-state index in [0.29, 0.717) is 6.54 Å². The molecule has 1 amide bonds. The third-order valence-corrected chi connectivity index (χ3v) is 1.96. The minimum atomic E-state index is -0.222. The fourth-order valence-electron chi connectivity index (χ4n) is 1.23. The van der Waals surface area contributed by atoms with Gasteiger partial charge in [0.25, 0.3) is 0 Å². The van der Waals surface area contributed by atoms with Crippen LogP contribution in [0.2, 0.25) is 0 Å².